The molecule has 3 rings (SSSR count). The smallest absolute Gasteiger partial charge is 0.264 e. The average molecular weight is 446 g/mol. The van der Waals surface area contributed by atoms with Crippen LogP contribution in [0.2, 0.25) is 5.02 Å². The second-order valence-corrected chi connectivity index (χ2v) is 8.45. The van der Waals surface area contributed by atoms with E-state index in [4.69, 9.17) is 11.6 Å². The highest BCUT2D eigenvalue weighted by Crippen LogP contribution is 2.23. The van der Waals surface area contributed by atoms with Crippen LogP contribution in [0.3, 0.4) is 0 Å². The zero-order valence-corrected chi connectivity index (χ0v) is 17.1. The normalized spacial score (nSPS) is 11.4. The molecule has 0 bridgehead atoms. The number of benzene rings is 3. The molecule has 3 aromatic rings. The van der Waals surface area contributed by atoms with E-state index < -0.39 is 28.3 Å². The van der Waals surface area contributed by atoms with Crippen LogP contribution in [0.25, 0.3) is 0 Å². The molecule has 0 radical (unpaired) electrons. The molecule has 30 heavy (non-hydrogen) atoms. The Hall–Kier alpha value is -3.23. The maximum Gasteiger partial charge on any atom is 0.264 e. The standard InChI is InChI=1S/C21H17ClFN3O3S/c22-17-6-4-5-16(13-17)14-24-25-21(27)15-26(19-11-9-18(23)10-12-19)30(28,29)20-7-2-1-3-8-20/h1-14H,15H2,(H,25,27)/b24-14-. The molecule has 6 nitrogen and oxygen atoms in total. The van der Waals surface area contributed by atoms with Gasteiger partial charge >= 0.3 is 0 Å². The Morgan fingerprint density at radius 2 is 1.73 bits per heavy atom. The van der Waals surface area contributed by atoms with Crippen LogP contribution in [0.5, 0.6) is 0 Å². The number of carbonyl (C=O) groups excluding carboxylic acids is 1. The fourth-order valence-corrected chi connectivity index (χ4v) is 4.21. The summed E-state index contributed by atoms with van der Waals surface area (Å²) in [4.78, 5) is 12.4. The van der Waals surface area contributed by atoms with Crippen molar-refractivity contribution in [2.75, 3.05) is 10.8 Å². The molecule has 0 aliphatic heterocycles. The summed E-state index contributed by atoms with van der Waals surface area (Å²) in [5.41, 5.74) is 3.10. The van der Waals surface area contributed by atoms with Crippen LogP contribution in [0.1, 0.15) is 5.56 Å². The van der Waals surface area contributed by atoms with Crippen LogP contribution in [0, 0.1) is 5.82 Å². The summed E-state index contributed by atoms with van der Waals surface area (Å²) in [5.74, 6) is -1.19. The number of hydrogen-bond donors (Lipinski definition) is 1. The van der Waals surface area contributed by atoms with E-state index >= 15 is 0 Å². The van der Waals surface area contributed by atoms with Crippen molar-refractivity contribution in [3.63, 3.8) is 0 Å². The lowest BCUT2D eigenvalue weighted by Gasteiger charge is -2.23. The second-order valence-electron chi connectivity index (χ2n) is 6.15. The van der Waals surface area contributed by atoms with Gasteiger partial charge in [0.2, 0.25) is 0 Å². The molecule has 154 valence electrons. The van der Waals surface area contributed by atoms with Crippen molar-refractivity contribution in [3.05, 3.63) is 95.3 Å². The Kier molecular flexibility index (Phi) is 6.81. The molecule has 0 saturated carbocycles. The van der Waals surface area contributed by atoms with E-state index in [0.717, 1.165) is 16.4 Å². The van der Waals surface area contributed by atoms with Crippen LogP contribution < -0.4 is 9.73 Å². The first kappa shape index (κ1) is 21.5. The van der Waals surface area contributed by atoms with E-state index in [2.05, 4.69) is 10.5 Å². The first-order valence-corrected chi connectivity index (χ1v) is 10.6. The van der Waals surface area contributed by atoms with Gasteiger partial charge in [-0.15, -0.1) is 0 Å². The highest BCUT2D eigenvalue weighted by Gasteiger charge is 2.27. The summed E-state index contributed by atoms with van der Waals surface area (Å²) in [6, 6.07) is 19.3. The number of nitrogens with one attached hydrogen (secondary N) is 1. The lowest BCUT2D eigenvalue weighted by molar-refractivity contribution is -0.119. The maximum absolute atomic E-state index is 13.3. The fraction of sp³-hybridized carbons (Fsp3) is 0.0476. The van der Waals surface area contributed by atoms with Crippen molar-refractivity contribution >= 4 is 39.4 Å². The van der Waals surface area contributed by atoms with E-state index in [0.29, 0.717) is 10.6 Å². The molecular weight excluding hydrogens is 429 g/mol. The highest BCUT2D eigenvalue weighted by molar-refractivity contribution is 7.92. The predicted octanol–water partition coefficient (Wildman–Crippen LogP) is 3.82. The molecule has 9 heteroatoms. The molecule has 0 atom stereocenters. The molecule has 1 amide bonds. The minimum Gasteiger partial charge on any atom is -0.271 e. The maximum atomic E-state index is 13.3. The summed E-state index contributed by atoms with van der Waals surface area (Å²) < 4.78 is 40.4. The average Bonchev–Trinajstić information content (AvgIpc) is 2.73. The molecule has 0 aliphatic carbocycles. The van der Waals surface area contributed by atoms with Gasteiger partial charge in [0.25, 0.3) is 15.9 Å². The summed E-state index contributed by atoms with van der Waals surface area (Å²) in [7, 11) is -4.06. The van der Waals surface area contributed by atoms with Crippen molar-refractivity contribution in [2.45, 2.75) is 4.90 Å². The first-order chi connectivity index (χ1) is 14.4. The van der Waals surface area contributed by atoms with Gasteiger partial charge in [0.05, 0.1) is 16.8 Å². The number of nitrogens with zero attached hydrogens (tertiary/aromatic N) is 2. The summed E-state index contributed by atoms with van der Waals surface area (Å²) in [6.45, 7) is -0.546. The molecule has 3 aromatic carbocycles. The molecule has 0 saturated heterocycles. The molecule has 1 N–H and O–H groups in total. The molecule has 0 aliphatic rings. The topological polar surface area (TPSA) is 78.8 Å². The third kappa shape index (κ3) is 5.43. The number of hydrogen-bond acceptors (Lipinski definition) is 4. The molecule has 0 aromatic heterocycles. The minimum absolute atomic E-state index is 0.00422. The van der Waals surface area contributed by atoms with Crippen LogP contribution in [-0.2, 0) is 14.8 Å². The second kappa shape index (κ2) is 9.51. The molecular formula is C21H17ClFN3O3S. The van der Waals surface area contributed by atoms with Gasteiger partial charge in [-0.3, -0.25) is 9.10 Å². The third-order valence-corrected chi connectivity index (χ3v) is 6.01. The lowest BCUT2D eigenvalue weighted by atomic mass is 10.2. The van der Waals surface area contributed by atoms with Gasteiger partial charge in [0.15, 0.2) is 0 Å². The molecule has 0 heterocycles. The van der Waals surface area contributed by atoms with Gasteiger partial charge in [0.1, 0.15) is 12.4 Å². The summed E-state index contributed by atoms with van der Waals surface area (Å²) >= 11 is 5.89. The van der Waals surface area contributed by atoms with Gasteiger partial charge in [-0.2, -0.15) is 5.10 Å². The number of sulfonamides is 1. The van der Waals surface area contributed by atoms with Crippen LogP contribution in [0.15, 0.2) is 88.9 Å². The predicted molar refractivity (Wildman–Crippen MR) is 115 cm³/mol. The molecule has 0 fully saturated rings. The van der Waals surface area contributed by atoms with Gasteiger partial charge in [0, 0.05) is 5.02 Å². The zero-order valence-electron chi connectivity index (χ0n) is 15.6. The monoisotopic (exact) mass is 445 g/mol. The van der Waals surface area contributed by atoms with Crippen molar-refractivity contribution in [2.24, 2.45) is 5.10 Å². The fourth-order valence-electron chi connectivity index (χ4n) is 2.57. The summed E-state index contributed by atoms with van der Waals surface area (Å²) in [6.07, 6.45) is 1.39. The van der Waals surface area contributed by atoms with Crippen LogP contribution in [-0.4, -0.2) is 27.1 Å². The quantitative estimate of drug-likeness (QED) is 0.443. The number of amides is 1. The highest BCUT2D eigenvalue weighted by atomic mass is 35.5. The Labute approximate surface area is 178 Å². The van der Waals surface area contributed by atoms with Crippen molar-refractivity contribution in [3.8, 4) is 0 Å². The Balaban J connectivity index is 1.82. The molecule has 0 spiro atoms. The van der Waals surface area contributed by atoms with E-state index in [9.17, 15) is 17.6 Å². The minimum atomic E-state index is -4.06. The van der Waals surface area contributed by atoms with E-state index in [1.165, 1.54) is 30.5 Å². The third-order valence-electron chi connectivity index (χ3n) is 3.98. The van der Waals surface area contributed by atoms with Gasteiger partial charge in [-0.25, -0.2) is 18.2 Å². The van der Waals surface area contributed by atoms with Gasteiger partial charge < -0.3 is 0 Å². The van der Waals surface area contributed by atoms with E-state index in [1.54, 1.807) is 42.5 Å². The number of carbonyl (C=O) groups is 1. The zero-order chi connectivity index (χ0) is 21.6. The van der Waals surface area contributed by atoms with Crippen molar-refractivity contribution in [1.29, 1.82) is 0 Å². The number of anilines is 1. The van der Waals surface area contributed by atoms with Crippen molar-refractivity contribution in [1.82, 2.24) is 5.43 Å². The van der Waals surface area contributed by atoms with Gasteiger partial charge in [-0.1, -0.05) is 41.9 Å². The Morgan fingerprint density at radius 3 is 2.40 bits per heavy atom. The van der Waals surface area contributed by atoms with Crippen LogP contribution >= 0.6 is 11.6 Å². The summed E-state index contributed by atoms with van der Waals surface area (Å²) in [5, 5.41) is 4.35. The molecule has 0 unspecified atom stereocenters. The number of halogens is 2. The number of rotatable bonds is 7. The number of hydrazone groups is 1. The van der Waals surface area contributed by atoms with Crippen molar-refractivity contribution < 1.29 is 17.6 Å². The van der Waals surface area contributed by atoms with Crippen LogP contribution in [0.4, 0.5) is 10.1 Å². The lowest BCUT2D eigenvalue weighted by Crippen LogP contribution is -2.39. The Morgan fingerprint density at radius 1 is 1.03 bits per heavy atom. The Bertz CT molecular complexity index is 1150. The van der Waals surface area contributed by atoms with E-state index in [-0.39, 0.29) is 10.6 Å². The van der Waals surface area contributed by atoms with E-state index in [1.807, 2.05) is 0 Å². The largest absolute Gasteiger partial charge is 0.271 e. The first-order valence-electron chi connectivity index (χ1n) is 8.77. The van der Waals surface area contributed by atoms with Gasteiger partial charge in [-0.05, 0) is 54.1 Å². The SMILES string of the molecule is O=C(CN(c1ccc(F)cc1)S(=O)(=O)c1ccccc1)N/N=C\c1cccc(Cl)c1.